The molecule has 59 heavy (non-hydrogen) atoms. The van der Waals surface area contributed by atoms with E-state index in [0.717, 1.165) is 40.5 Å². The van der Waals surface area contributed by atoms with Gasteiger partial charge in [0.25, 0.3) is 0 Å². The van der Waals surface area contributed by atoms with E-state index in [1.807, 2.05) is 11.3 Å². The number of fused-ring (bicyclic) bond motifs is 12. The molecule has 0 N–H and O–H groups in total. The number of hydrogen-bond acceptors (Lipinski definition) is 3. The molecule has 2 aliphatic carbocycles. The zero-order valence-corrected chi connectivity index (χ0v) is 33.1. The lowest BCUT2D eigenvalue weighted by molar-refractivity contribution is 0.722. The second-order valence-electron chi connectivity index (χ2n) is 15.6. The van der Waals surface area contributed by atoms with E-state index in [2.05, 4.69) is 228 Å². The molecule has 0 fully saturated rings. The molecule has 0 bridgehead atoms. The van der Waals surface area contributed by atoms with Crippen LogP contribution in [0.25, 0.3) is 31.3 Å². The van der Waals surface area contributed by atoms with Gasteiger partial charge in [-0.25, -0.2) is 0 Å². The first-order valence-electron chi connectivity index (χ1n) is 20.4. The fourth-order valence-corrected chi connectivity index (χ4v) is 11.3. The van der Waals surface area contributed by atoms with E-state index in [1.165, 1.54) is 64.7 Å². The van der Waals surface area contributed by atoms with Crippen LogP contribution >= 0.6 is 11.3 Å². The minimum Gasteiger partial charge on any atom is -0.310 e. The van der Waals surface area contributed by atoms with Crippen molar-refractivity contribution in [3.63, 3.8) is 0 Å². The average molecular weight is 771 g/mol. The number of hydrogen-bond donors (Lipinski definition) is 0. The monoisotopic (exact) mass is 770 g/mol. The van der Waals surface area contributed by atoms with Gasteiger partial charge in [-0.3, -0.25) is 0 Å². The van der Waals surface area contributed by atoms with Crippen LogP contribution in [0.4, 0.5) is 34.1 Å². The third kappa shape index (κ3) is 5.11. The summed E-state index contributed by atoms with van der Waals surface area (Å²) in [5.41, 5.74) is 17.1. The van der Waals surface area contributed by atoms with Gasteiger partial charge in [-0.2, -0.15) is 0 Å². The van der Waals surface area contributed by atoms with Crippen LogP contribution in [0.5, 0.6) is 0 Å². The topological polar surface area (TPSA) is 6.48 Å². The molecule has 1 spiro atoms. The van der Waals surface area contributed by atoms with Gasteiger partial charge < -0.3 is 9.80 Å². The predicted octanol–water partition coefficient (Wildman–Crippen LogP) is 15.3. The van der Waals surface area contributed by atoms with Gasteiger partial charge in [0.1, 0.15) is 0 Å². The molecule has 3 heteroatoms. The molecule has 0 saturated carbocycles. The Morgan fingerprint density at radius 3 is 1.54 bits per heavy atom. The van der Waals surface area contributed by atoms with Gasteiger partial charge in [0.2, 0.25) is 0 Å². The van der Waals surface area contributed by atoms with E-state index in [4.69, 9.17) is 0 Å². The summed E-state index contributed by atoms with van der Waals surface area (Å²) in [6.45, 7) is 0. The first kappa shape index (κ1) is 33.9. The van der Waals surface area contributed by atoms with Crippen LogP contribution in [0.2, 0.25) is 0 Å². The van der Waals surface area contributed by atoms with Crippen molar-refractivity contribution in [1.82, 2.24) is 0 Å². The van der Waals surface area contributed by atoms with Gasteiger partial charge in [-0.15, -0.1) is 11.3 Å². The lowest BCUT2D eigenvalue weighted by Gasteiger charge is -2.41. The Bertz CT molecular complexity index is 3120. The summed E-state index contributed by atoms with van der Waals surface area (Å²) in [7, 11) is 0. The lowest BCUT2D eigenvalue weighted by Crippen LogP contribution is -2.34. The summed E-state index contributed by atoms with van der Waals surface area (Å²) in [5.74, 6) is 0. The summed E-state index contributed by atoms with van der Waals surface area (Å²) in [4.78, 5) is 4.90. The average Bonchev–Trinajstić information content (AvgIpc) is 3.82. The van der Waals surface area contributed by atoms with Crippen LogP contribution in [0.15, 0.2) is 218 Å². The van der Waals surface area contributed by atoms with E-state index in [0.29, 0.717) is 0 Å². The second kappa shape index (κ2) is 13.4. The standard InChI is InChI=1S/C56H38N2S/c1-4-19-40(20-5-1)57(41-21-6-2-7-22-41)44-36-52(55-47-27-13-17-31-53(47)59-54(55)37-44)58(42-23-8-3-9-24-42)43-33-32-39-34-38-18-10-14-28-48(38)56(51(39)35-43)49-29-15-11-25-45(49)46-26-12-16-30-50(46)56/h1-33,35-37H,34H2. The Balaban J connectivity index is 1.17. The molecule has 0 radical (unpaired) electrons. The van der Waals surface area contributed by atoms with Gasteiger partial charge in [0.05, 0.1) is 11.1 Å². The fourth-order valence-electron chi connectivity index (χ4n) is 10.1. The van der Waals surface area contributed by atoms with Crippen molar-refractivity contribution in [2.24, 2.45) is 0 Å². The first-order valence-corrected chi connectivity index (χ1v) is 21.2. The maximum absolute atomic E-state index is 2.52. The van der Waals surface area contributed by atoms with Crippen molar-refractivity contribution in [1.29, 1.82) is 0 Å². The SMILES string of the molecule is c1ccc(N(c2ccccc2)c2cc(N(c3ccccc3)c3ccc4c(c3)C3(c5ccccc5C4)c4ccccc4-c4ccccc43)c3c(c2)sc2ccccc23)cc1. The molecule has 0 amide bonds. The van der Waals surface area contributed by atoms with E-state index in [1.54, 1.807) is 0 Å². The van der Waals surface area contributed by atoms with E-state index < -0.39 is 5.41 Å². The summed E-state index contributed by atoms with van der Waals surface area (Å²) in [6, 6.07) is 80.8. The highest BCUT2D eigenvalue weighted by atomic mass is 32.1. The van der Waals surface area contributed by atoms with Crippen molar-refractivity contribution in [2.75, 3.05) is 9.80 Å². The first-order chi connectivity index (χ1) is 29.3. The summed E-state index contributed by atoms with van der Waals surface area (Å²) in [6.07, 6.45) is 0.890. The summed E-state index contributed by atoms with van der Waals surface area (Å²) < 4.78 is 2.53. The second-order valence-corrected chi connectivity index (χ2v) is 16.7. The zero-order chi connectivity index (χ0) is 38.9. The smallest absolute Gasteiger partial charge is 0.0719 e. The molecule has 2 nitrogen and oxygen atoms in total. The molecular weight excluding hydrogens is 733 g/mol. The third-order valence-corrected chi connectivity index (χ3v) is 13.6. The molecule has 0 unspecified atom stereocenters. The number of nitrogens with zero attached hydrogens (tertiary/aromatic N) is 2. The Morgan fingerprint density at radius 2 is 0.881 bits per heavy atom. The van der Waals surface area contributed by atoms with Crippen molar-refractivity contribution in [3.05, 3.63) is 252 Å². The third-order valence-electron chi connectivity index (χ3n) is 12.5. The Hall–Kier alpha value is -7.20. The quantitative estimate of drug-likeness (QED) is 0.166. The van der Waals surface area contributed by atoms with Crippen LogP contribution in [0.1, 0.15) is 33.4 Å². The highest BCUT2D eigenvalue weighted by molar-refractivity contribution is 7.26. The minimum absolute atomic E-state index is 0.459. The molecule has 10 aromatic rings. The highest BCUT2D eigenvalue weighted by Crippen LogP contribution is 2.60. The lowest BCUT2D eigenvalue weighted by atomic mass is 9.61. The maximum atomic E-state index is 2.52. The molecular formula is C56H38N2S. The molecule has 1 aromatic heterocycles. The highest BCUT2D eigenvalue weighted by Gasteiger charge is 2.49. The summed E-state index contributed by atoms with van der Waals surface area (Å²) in [5, 5.41) is 2.52. The maximum Gasteiger partial charge on any atom is 0.0719 e. The van der Waals surface area contributed by atoms with Gasteiger partial charge in [-0.1, -0.05) is 152 Å². The van der Waals surface area contributed by atoms with Crippen LogP contribution in [0.3, 0.4) is 0 Å². The molecule has 0 aliphatic heterocycles. The molecule has 1 heterocycles. The van der Waals surface area contributed by atoms with Crippen molar-refractivity contribution >= 4 is 65.6 Å². The van der Waals surface area contributed by atoms with E-state index in [-0.39, 0.29) is 0 Å². The Kier molecular flexibility index (Phi) is 7.72. The van der Waals surface area contributed by atoms with Crippen molar-refractivity contribution < 1.29 is 0 Å². The van der Waals surface area contributed by atoms with Crippen LogP contribution in [-0.4, -0.2) is 0 Å². The van der Waals surface area contributed by atoms with E-state index >= 15 is 0 Å². The largest absolute Gasteiger partial charge is 0.310 e. The normalized spacial score (nSPS) is 13.2. The Labute approximate surface area is 348 Å². The number of benzene rings is 9. The zero-order valence-electron chi connectivity index (χ0n) is 32.3. The van der Waals surface area contributed by atoms with E-state index in [9.17, 15) is 0 Å². The van der Waals surface area contributed by atoms with Crippen LogP contribution in [0, 0.1) is 0 Å². The van der Waals surface area contributed by atoms with Gasteiger partial charge >= 0.3 is 0 Å². The number of para-hydroxylation sites is 3. The molecule has 12 rings (SSSR count). The van der Waals surface area contributed by atoms with Gasteiger partial charge in [-0.05, 0) is 118 Å². The molecule has 2 aliphatic rings. The predicted molar refractivity (Wildman–Crippen MR) is 249 cm³/mol. The van der Waals surface area contributed by atoms with Crippen molar-refractivity contribution in [2.45, 2.75) is 11.8 Å². The minimum atomic E-state index is -0.459. The number of rotatable bonds is 6. The molecule has 0 saturated heterocycles. The van der Waals surface area contributed by atoms with Gasteiger partial charge in [0, 0.05) is 48.6 Å². The molecule has 9 aromatic carbocycles. The van der Waals surface area contributed by atoms with Gasteiger partial charge in [0.15, 0.2) is 0 Å². The molecule has 0 atom stereocenters. The van der Waals surface area contributed by atoms with Crippen molar-refractivity contribution in [3.8, 4) is 11.1 Å². The number of anilines is 6. The Morgan fingerprint density at radius 1 is 0.356 bits per heavy atom. The summed E-state index contributed by atoms with van der Waals surface area (Å²) >= 11 is 1.87. The number of thiophene rings is 1. The molecule has 278 valence electrons. The van der Waals surface area contributed by atoms with Crippen LogP contribution in [-0.2, 0) is 11.8 Å². The van der Waals surface area contributed by atoms with Crippen LogP contribution < -0.4 is 9.80 Å². The fraction of sp³-hybridized carbons (Fsp3) is 0.0357.